The second-order valence-corrected chi connectivity index (χ2v) is 8.19. The Morgan fingerprint density at radius 3 is 2.18 bits per heavy atom. The van der Waals surface area contributed by atoms with E-state index in [0.29, 0.717) is 11.9 Å². The van der Waals surface area contributed by atoms with E-state index in [4.69, 9.17) is 4.99 Å². The molecule has 2 aliphatic heterocycles. The first-order chi connectivity index (χ1) is 13.5. The molecule has 0 aromatic carbocycles. The van der Waals surface area contributed by atoms with Crippen molar-refractivity contribution in [2.24, 2.45) is 4.99 Å². The van der Waals surface area contributed by atoms with E-state index in [1.165, 1.54) is 0 Å². The van der Waals surface area contributed by atoms with Crippen molar-refractivity contribution in [2.45, 2.75) is 59.5 Å². The SMILES string of the molecule is CCNC(=NCCN(CC)C(C)C)N1CCN(C(C)C(=O)N2CCCC2)CC1. The van der Waals surface area contributed by atoms with Gasteiger partial charge in [-0.25, -0.2) is 0 Å². The molecule has 28 heavy (non-hydrogen) atoms. The highest BCUT2D eigenvalue weighted by atomic mass is 16.2. The van der Waals surface area contributed by atoms with Gasteiger partial charge >= 0.3 is 0 Å². The molecule has 0 aromatic rings. The van der Waals surface area contributed by atoms with Crippen molar-refractivity contribution in [3.05, 3.63) is 0 Å². The summed E-state index contributed by atoms with van der Waals surface area (Å²) >= 11 is 0. The zero-order chi connectivity index (χ0) is 20.5. The van der Waals surface area contributed by atoms with Crippen LogP contribution in [0.4, 0.5) is 0 Å². The Morgan fingerprint density at radius 1 is 1.00 bits per heavy atom. The first-order valence-corrected chi connectivity index (χ1v) is 11.3. The molecular weight excluding hydrogens is 352 g/mol. The molecule has 7 heteroatoms. The molecule has 2 aliphatic rings. The van der Waals surface area contributed by atoms with Crippen LogP contribution in [0.2, 0.25) is 0 Å². The lowest BCUT2D eigenvalue weighted by Crippen LogP contribution is -2.57. The third-order valence-corrected chi connectivity index (χ3v) is 6.06. The van der Waals surface area contributed by atoms with Gasteiger partial charge in [-0.15, -0.1) is 0 Å². The van der Waals surface area contributed by atoms with E-state index in [2.05, 4.69) is 54.6 Å². The smallest absolute Gasteiger partial charge is 0.239 e. The number of carbonyl (C=O) groups is 1. The van der Waals surface area contributed by atoms with E-state index < -0.39 is 0 Å². The fourth-order valence-electron chi connectivity index (χ4n) is 4.17. The lowest BCUT2D eigenvalue weighted by Gasteiger charge is -2.39. The lowest BCUT2D eigenvalue weighted by molar-refractivity contribution is -0.135. The summed E-state index contributed by atoms with van der Waals surface area (Å²) in [5.74, 6) is 1.32. The Balaban J connectivity index is 1.85. The zero-order valence-electron chi connectivity index (χ0n) is 18.8. The molecule has 2 heterocycles. The van der Waals surface area contributed by atoms with Crippen LogP contribution in [0.25, 0.3) is 0 Å². The molecule has 162 valence electrons. The van der Waals surface area contributed by atoms with E-state index in [9.17, 15) is 4.79 Å². The minimum atomic E-state index is -0.0103. The monoisotopic (exact) mass is 394 g/mol. The number of rotatable bonds is 8. The van der Waals surface area contributed by atoms with Crippen molar-refractivity contribution in [3.63, 3.8) is 0 Å². The minimum Gasteiger partial charge on any atom is -0.357 e. The maximum Gasteiger partial charge on any atom is 0.239 e. The number of amides is 1. The van der Waals surface area contributed by atoms with Crippen LogP contribution in [-0.4, -0.2) is 109 Å². The predicted molar refractivity (Wildman–Crippen MR) is 117 cm³/mol. The molecule has 1 atom stereocenters. The van der Waals surface area contributed by atoms with Crippen molar-refractivity contribution < 1.29 is 4.79 Å². The number of hydrogen-bond acceptors (Lipinski definition) is 4. The number of hydrogen-bond donors (Lipinski definition) is 1. The zero-order valence-corrected chi connectivity index (χ0v) is 18.8. The topological polar surface area (TPSA) is 54.4 Å². The van der Waals surface area contributed by atoms with E-state index in [1.54, 1.807) is 0 Å². The molecule has 2 fully saturated rings. The Morgan fingerprint density at radius 2 is 1.64 bits per heavy atom. The van der Waals surface area contributed by atoms with Crippen molar-refractivity contribution in [3.8, 4) is 0 Å². The van der Waals surface area contributed by atoms with Gasteiger partial charge in [0.05, 0.1) is 12.6 Å². The number of aliphatic imine (C=N–C) groups is 1. The van der Waals surface area contributed by atoms with E-state index in [1.807, 2.05) is 4.90 Å². The number of carbonyl (C=O) groups excluding carboxylic acids is 1. The maximum absolute atomic E-state index is 12.7. The van der Waals surface area contributed by atoms with Gasteiger partial charge in [0.1, 0.15) is 0 Å². The average molecular weight is 395 g/mol. The lowest BCUT2D eigenvalue weighted by atomic mass is 10.2. The number of piperazine rings is 1. The van der Waals surface area contributed by atoms with Crippen molar-refractivity contribution in [1.82, 2.24) is 24.9 Å². The molecule has 0 spiro atoms. The molecule has 0 saturated carbocycles. The van der Waals surface area contributed by atoms with Gasteiger partial charge in [-0.3, -0.25) is 19.6 Å². The molecule has 0 radical (unpaired) electrons. The molecule has 0 bridgehead atoms. The summed E-state index contributed by atoms with van der Waals surface area (Å²) in [5, 5.41) is 3.45. The fourth-order valence-corrected chi connectivity index (χ4v) is 4.17. The molecule has 0 aromatic heterocycles. The summed E-state index contributed by atoms with van der Waals surface area (Å²) in [7, 11) is 0. The highest BCUT2D eigenvalue weighted by Crippen LogP contribution is 2.14. The maximum atomic E-state index is 12.7. The Bertz CT molecular complexity index is 495. The number of guanidine groups is 1. The number of nitrogens with zero attached hydrogens (tertiary/aromatic N) is 5. The van der Waals surface area contributed by atoms with Crippen molar-refractivity contribution in [1.29, 1.82) is 0 Å². The quantitative estimate of drug-likeness (QED) is 0.497. The standard InChI is InChI=1S/C21H42N6O/c1-6-22-21(23-10-13-24(7-2)18(3)4)27-16-14-25(15-17-27)19(5)20(28)26-11-8-9-12-26/h18-19H,6-17H2,1-5H3,(H,22,23). The fraction of sp³-hybridized carbons (Fsp3) is 0.905. The molecule has 2 saturated heterocycles. The molecular formula is C21H42N6O. The van der Waals surface area contributed by atoms with Crippen LogP contribution in [0.1, 0.15) is 47.5 Å². The first kappa shape index (κ1) is 22.9. The molecule has 1 amide bonds. The van der Waals surface area contributed by atoms with Gasteiger partial charge in [-0.2, -0.15) is 0 Å². The predicted octanol–water partition coefficient (Wildman–Crippen LogP) is 1.31. The first-order valence-electron chi connectivity index (χ1n) is 11.3. The van der Waals surface area contributed by atoms with E-state index in [0.717, 1.165) is 84.2 Å². The third-order valence-electron chi connectivity index (χ3n) is 6.06. The van der Waals surface area contributed by atoms with Gasteiger partial charge in [0.2, 0.25) is 5.91 Å². The second-order valence-electron chi connectivity index (χ2n) is 8.19. The third kappa shape index (κ3) is 6.34. The molecule has 0 aliphatic carbocycles. The summed E-state index contributed by atoms with van der Waals surface area (Å²) < 4.78 is 0. The highest BCUT2D eigenvalue weighted by molar-refractivity contribution is 5.82. The molecule has 1 N–H and O–H groups in total. The average Bonchev–Trinajstić information content (AvgIpc) is 3.24. The van der Waals surface area contributed by atoms with E-state index >= 15 is 0 Å². The van der Waals surface area contributed by atoms with Crippen LogP contribution in [0.15, 0.2) is 4.99 Å². The summed E-state index contributed by atoms with van der Waals surface area (Å²) in [6, 6.07) is 0.546. The van der Waals surface area contributed by atoms with Gasteiger partial charge in [-0.05, 0) is 47.1 Å². The van der Waals surface area contributed by atoms with Crippen LogP contribution in [0, 0.1) is 0 Å². The van der Waals surface area contributed by atoms with Crippen LogP contribution in [-0.2, 0) is 4.79 Å². The van der Waals surface area contributed by atoms with Gasteiger partial charge in [0, 0.05) is 58.4 Å². The molecule has 2 rings (SSSR count). The second kappa shape index (κ2) is 11.6. The van der Waals surface area contributed by atoms with Crippen LogP contribution < -0.4 is 5.32 Å². The van der Waals surface area contributed by atoms with E-state index in [-0.39, 0.29) is 6.04 Å². The number of likely N-dealkylation sites (N-methyl/N-ethyl adjacent to an activating group) is 1. The van der Waals surface area contributed by atoms with Crippen molar-refractivity contribution in [2.75, 3.05) is 65.4 Å². The number of nitrogens with one attached hydrogen (secondary N) is 1. The minimum absolute atomic E-state index is 0.0103. The van der Waals surface area contributed by atoms with Crippen LogP contribution >= 0.6 is 0 Å². The van der Waals surface area contributed by atoms with Gasteiger partial charge in [0.25, 0.3) is 0 Å². The largest absolute Gasteiger partial charge is 0.357 e. The Hall–Kier alpha value is -1.34. The normalized spacial score (nSPS) is 20.3. The summed E-state index contributed by atoms with van der Waals surface area (Å²) in [4.78, 5) is 26.7. The summed E-state index contributed by atoms with van der Waals surface area (Å²) in [5.41, 5.74) is 0. The Kier molecular flexibility index (Phi) is 9.51. The van der Waals surface area contributed by atoms with Crippen molar-refractivity contribution >= 4 is 11.9 Å². The molecule has 7 nitrogen and oxygen atoms in total. The highest BCUT2D eigenvalue weighted by Gasteiger charge is 2.30. The van der Waals surface area contributed by atoms with Crippen LogP contribution in [0.5, 0.6) is 0 Å². The van der Waals surface area contributed by atoms with Gasteiger partial charge < -0.3 is 15.1 Å². The molecule has 1 unspecified atom stereocenters. The van der Waals surface area contributed by atoms with Gasteiger partial charge in [-0.1, -0.05) is 6.92 Å². The summed E-state index contributed by atoms with van der Waals surface area (Å²) in [6.45, 7) is 20.2. The van der Waals surface area contributed by atoms with Gasteiger partial charge in [0.15, 0.2) is 5.96 Å². The number of likely N-dealkylation sites (tertiary alicyclic amines) is 1. The van der Waals surface area contributed by atoms with Crippen LogP contribution in [0.3, 0.4) is 0 Å². The Labute approximate surface area is 172 Å². The summed E-state index contributed by atoms with van der Waals surface area (Å²) in [6.07, 6.45) is 2.31.